The van der Waals surface area contributed by atoms with E-state index >= 15 is 0 Å². The Morgan fingerprint density at radius 1 is 1.42 bits per heavy atom. The van der Waals surface area contributed by atoms with Crippen molar-refractivity contribution in [3.8, 4) is 0 Å². The number of carbonyl (C=O) groups excluding carboxylic acids is 1. The predicted octanol–water partition coefficient (Wildman–Crippen LogP) is 3.28. The molecule has 1 aromatic heterocycles. The summed E-state index contributed by atoms with van der Waals surface area (Å²) in [6, 6.07) is 0.186. The van der Waals surface area contributed by atoms with Crippen LogP contribution in [0.1, 0.15) is 56.1 Å². The van der Waals surface area contributed by atoms with Crippen LogP contribution in [0.3, 0.4) is 0 Å². The van der Waals surface area contributed by atoms with E-state index in [9.17, 15) is 4.79 Å². The Hall–Kier alpha value is -0.680. The van der Waals surface area contributed by atoms with Crippen LogP contribution in [0.4, 0.5) is 0 Å². The summed E-state index contributed by atoms with van der Waals surface area (Å²) in [7, 11) is 4.01. The maximum Gasteiger partial charge on any atom is 0.202 e. The lowest BCUT2D eigenvalue weighted by atomic mass is 9.88. The van der Waals surface area contributed by atoms with Gasteiger partial charge in [-0.25, -0.2) is 0 Å². The Morgan fingerprint density at radius 2 is 2.00 bits per heavy atom. The lowest BCUT2D eigenvalue weighted by molar-refractivity contribution is 0.0678. The molecule has 4 nitrogen and oxygen atoms in total. The number of hydrogen-bond acceptors (Lipinski definition) is 3. The normalized spacial score (nSPS) is 18.5. The smallest absolute Gasteiger partial charge is 0.202 e. The Morgan fingerprint density at radius 3 is 2.47 bits per heavy atom. The summed E-state index contributed by atoms with van der Waals surface area (Å²) in [6.07, 6.45) is 5.85. The lowest BCUT2D eigenvalue weighted by Gasteiger charge is -2.35. The molecule has 1 aromatic rings. The van der Waals surface area contributed by atoms with Crippen molar-refractivity contribution < 1.29 is 4.79 Å². The molecule has 1 saturated carbocycles. The molecule has 5 heteroatoms. The highest BCUT2D eigenvalue weighted by Crippen LogP contribution is 2.38. The second-order valence-electron chi connectivity index (χ2n) is 5.84. The molecule has 1 fully saturated rings. The molecule has 1 aliphatic carbocycles. The molecule has 0 amide bonds. The van der Waals surface area contributed by atoms with Crippen LogP contribution in [0.15, 0.2) is 10.7 Å². The largest absolute Gasteiger partial charge is 0.297 e. The minimum absolute atomic E-state index is 0.186. The van der Waals surface area contributed by atoms with Gasteiger partial charge in [-0.1, -0.05) is 12.8 Å². The van der Waals surface area contributed by atoms with Gasteiger partial charge in [0.1, 0.15) is 5.69 Å². The number of halogens is 1. The summed E-state index contributed by atoms with van der Waals surface area (Å²) in [4.78, 5) is 15.2. The summed E-state index contributed by atoms with van der Waals surface area (Å²) in [6.45, 7) is 4.10. The van der Waals surface area contributed by atoms with Crippen molar-refractivity contribution in [2.45, 2.75) is 51.1 Å². The highest BCUT2D eigenvalue weighted by molar-refractivity contribution is 9.10. The number of ketones is 1. The zero-order valence-corrected chi connectivity index (χ0v) is 13.7. The molecule has 106 valence electrons. The van der Waals surface area contributed by atoms with Crippen LogP contribution in [0.25, 0.3) is 0 Å². The van der Waals surface area contributed by atoms with E-state index in [0.717, 1.165) is 30.2 Å². The van der Waals surface area contributed by atoms with Crippen LogP contribution in [0, 0.1) is 0 Å². The highest BCUT2D eigenvalue weighted by atomic mass is 79.9. The average Bonchev–Trinajstić information content (AvgIpc) is 2.94. The van der Waals surface area contributed by atoms with Crippen molar-refractivity contribution in [1.82, 2.24) is 14.7 Å². The van der Waals surface area contributed by atoms with Crippen LogP contribution < -0.4 is 0 Å². The van der Waals surface area contributed by atoms with Gasteiger partial charge in [-0.05, 0) is 56.7 Å². The van der Waals surface area contributed by atoms with Crippen molar-refractivity contribution >= 4 is 21.7 Å². The van der Waals surface area contributed by atoms with Crippen molar-refractivity contribution in [3.63, 3.8) is 0 Å². The third-order valence-corrected chi connectivity index (χ3v) is 4.74. The van der Waals surface area contributed by atoms with Crippen molar-refractivity contribution in [3.05, 3.63) is 16.4 Å². The van der Waals surface area contributed by atoms with E-state index in [1.165, 1.54) is 0 Å². The van der Waals surface area contributed by atoms with E-state index in [-0.39, 0.29) is 17.4 Å². The first kappa shape index (κ1) is 14.7. The molecule has 19 heavy (non-hydrogen) atoms. The fourth-order valence-electron chi connectivity index (χ4n) is 3.00. The molecule has 0 spiro atoms. The number of hydrogen-bond donors (Lipinski definition) is 0. The number of nitrogens with zero attached hydrogens (tertiary/aromatic N) is 3. The Kier molecular flexibility index (Phi) is 4.16. The topological polar surface area (TPSA) is 38.1 Å². The second kappa shape index (κ2) is 5.37. The summed E-state index contributed by atoms with van der Waals surface area (Å²) >= 11 is 3.48. The van der Waals surface area contributed by atoms with E-state index in [1.54, 1.807) is 6.20 Å². The molecule has 0 aliphatic heterocycles. The van der Waals surface area contributed by atoms with Gasteiger partial charge in [-0.3, -0.25) is 14.4 Å². The van der Waals surface area contributed by atoms with Gasteiger partial charge in [0.25, 0.3) is 0 Å². The van der Waals surface area contributed by atoms with Crippen molar-refractivity contribution in [1.29, 1.82) is 0 Å². The first-order chi connectivity index (χ1) is 8.90. The van der Waals surface area contributed by atoms with E-state index < -0.39 is 0 Å². The molecule has 0 saturated heterocycles. The van der Waals surface area contributed by atoms with Gasteiger partial charge >= 0.3 is 0 Å². The quantitative estimate of drug-likeness (QED) is 0.796. The number of carbonyl (C=O) groups is 1. The zero-order chi connectivity index (χ0) is 14.2. The first-order valence-electron chi connectivity index (χ1n) is 6.85. The molecule has 1 heterocycles. The Balaban J connectivity index is 2.46. The minimum atomic E-state index is -0.352. The number of aromatic nitrogens is 2. The molecule has 0 N–H and O–H groups in total. The standard InChI is InChI=1S/C14H22BrN3O/c1-10(2)18-12(11(15)9-16-18)13(19)14(17(3)4)7-5-6-8-14/h9-10H,5-8H2,1-4H3. The molecule has 0 radical (unpaired) electrons. The van der Waals surface area contributed by atoms with Crippen molar-refractivity contribution in [2.24, 2.45) is 0 Å². The monoisotopic (exact) mass is 327 g/mol. The zero-order valence-electron chi connectivity index (χ0n) is 12.1. The van der Waals surface area contributed by atoms with Gasteiger partial charge in [0.15, 0.2) is 0 Å². The SMILES string of the molecule is CC(C)n1ncc(Br)c1C(=O)C1(N(C)C)CCCC1. The van der Waals surface area contributed by atoms with Gasteiger partial charge in [0.2, 0.25) is 5.78 Å². The van der Waals surface area contributed by atoms with E-state index in [0.29, 0.717) is 5.69 Å². The molecule has 0 atom stereocenters. The summed E-state index contributed by atoms with van der Waals surface area (Å²) in [5, 5.41) is 4.33. The van der Waals surface area contributed by atoms with Crippen LogP contribution >= 0.6 is 15.9 Å². The molecule has 0 bridgehead atoms. The summed E-state index contributed by atoms with van der Waals surface area (Å²) < 4.78 is 2.63. The number of Topliss-reactive ketones (excluding diaryl/α,β-unsaturated/α-hetero) is 1. The molecular formula is C14H22BrN3O. The van der Waals surface area contributed by atoms with Gasteiger partial charge < -0.3 is 0 Å². The highest BCUT2D eigenvalue weighted by Gasteiger charge is 2.45. The van der Waals surface area contributed by atoms with Crippen LogP contribution in [0.5, 0.6) is 0 Å². The summed E-state index contributed by atoms with van der Waals surface area (Å²) in [5.74, 6) is 0.202. The number of likely N-dealkylation sites (N-methyl/N-ethyl adjacent to an activating group) is 1. The third kappa shape index (κ3) is 2.38. The summed E-state index contributed by atoms with van der Waals surface area (Å²) in [5.41, 5.74) is 0.362. The lowest BCUT2D eigenvalue weighted by Crippen LogP contribution is -2.49. The fraction of sp³-hybridized carbons (Fsp3) is 0.714. The van der Waals surface area contributed by atoms with Gasteiger partial charge in [0.05, 0.1) is 16.2 Å². The minimum Gasteiger partial charge on any atom is -0.297 e. The van der Waals surface area contributed by atoms with Crippen LogP contribution in [-0.4, -0.2) is 40.1 Å². The Bertz CT molecular complexity index is 473. The van der Waals surface area contributed by atoms with Crippen LogP contribution in [-0.2, 0) is 0 Å². The second-order valence-corrected chi connectivity index (χ2v) is 6.70. The van der Waals surface area contributed by atoms with Gasteiger partial charge in [-0.15, -0.1) is 0 Å². The first-order valence-corrected chi connectivity index (χ1v) is 7.64. The maximum atomic E-state index is 13.1. The van der Waals surface area contributed by atoms with Crippen LogP contribution in [0.2, 0.25) is 0 Å². The van der Waals surface area contributed by atoms with Crippen molar-refractivity contribution in [2.75, 3.05) is 14.1 Å². The fourth-order valence-corrected chi connectivity index (χ4v) is 3.46. The predicted molar refractivity (Wildman–Crippen MR) is 79.5 cm³/mol. The molecule has 1 aliphatic rings. The molecule has 0 unspecified atom stereocenters. The Labute approximate surface area is 123 Å². The molecule has 2 rings (SSSR count). The van der Waals surface area contributed by atoms with E-state index in [1.807, 2.05) is 32.6 Å². The number of rotatable bonds is 4. The van der Waals surface area contributed by atoms with Gasteiger partial charge in [0, 0.05) is 6.04 Å². The maximum absolute atomic E-state index is 13.1. The molecule has 0 aromatic carbocycles. The molecular weight excluding hydrogens is 306 g/mol. The van der Waals surface area contributed by atoms with E-state index in [2.05, 4.69) is 25.9 Å². The van der Waals surface area contributed by atoms with Gasteiger partial charge in [-0.2, -0.15) is 5.10 Å². The third-order valence-electron chi connectivity index (χ3n) is 4.16. The van der Waals surface area contributed by atoms with E-state index in [4.69, 9.17) is 0 Å². The average molecular weight is 328 g/mol.